The van der Waals surface area contributed by atoms with Crippen LogP contribution in [0.3, 0.4) is 0 Å². The molecular weight excluding hydrogens is 481 g/mol. The molecule has 2 saturated heterocycles. The van der Waals surface area contributed by atoms with Gasteiger partial charge in [0, 0.05) is 36.4 Å². The molecule has 2 aromatic carbocycles. The van der Waals surface area contributed by atoms with Crippen molar-refractivity contribution in [3.8, 4) is 5.75 Å². The predicted molar refractivity (Wildman–Crippen MR) is 145 cm³/mol. The Kier molecular flexibility index (Phi) is 8.51. The SMILES string of the molecule is CC(C)(C)Oc1ccc(CC(CN2CCCC2)NC(=O)[C@@H]2CCN(c3ccc(Cl)cc3)C2)cc1Cl. The van der Waals surface area contributed by atoms with Crippen molar-refractivity contribution in [1.82, 2.24) is 10.2 Å². The van der Waals surface area contributed by atoms with E-state index in [1.807, 2.05) is 57.2 Å². The lowest BCUT2D eigenvalue weighted by Gasteiger charge is -2.27. The number of hydrogen-bond donors (Lipinski definition) is 1. The summed E-state index contributed by atoms with van der Waals surface area (Å²) in [5, 5.41) is 4.72. The normalized spacial score (nSPS) is 19.7. The Morgan fingerprint density at radius 1 is 1.09 bits per heavy atom. The highest BCUT2D eigenvalue weighted by molar-refractivity contribution is 6.32. The van der Waals surface area contributed by atoms with Gasteiger partial charge in [-0.25, -0.2) is 0 Å². The Labute approximate surface area is 219 Å². The minimum atomic E-state index is -0.307. The average Bonchev–Trinajstić information content (AvgIpc) is 3.48. The van der Waals surface area contributed by atoms with Crippen LogP contribution in [0.2, 0.25) is 10.0 Å². The third-order valence-corrected chi connectivity index (χ3v) is 7.22. The molecule has 0 radical (unpaired) electrons. The molecule has 35 heavy (non-hydrogen) atoms. The van der Waals surface area contributed by atoms with Crippen molar-refractivity contribution in [2.45, 2.75) is 58.1 Å². The summed E-state index contributed by atoms with van der Waals surface area (Å²) in [5.41, 5.74) is 1.92. The van der Waals surface area contributed by atoms with Crippen molar-refractivity contribution in [3.05, 3.63) is 58.1 Å². The summed E-state index contributed by atoms with van der Waals surface area (Å²) in [4.78, 5) is 18.0. The lowest BCUT2D eigenvalue weighted by molar-refractivity contribution is -0.125. The van der Waals surface area contributed by atoms with Gasteiger partial charge in [-0.05, 0) is 102 Å². The van der Waals surface area contributed by atoms with Crippen LogP contribution in [0.4, 0.5) is 5.69 Å². The average molecular weight is 519 g/mol. The summed E-state index contributed by atoms with van der Waals surface area (Å²) in [6, 6.07) is 13.9. The summed E-state index contributed by atoms with van der Waals surface area (Å²) >= 11 is 12.6. The molecule has 0 bridgehead atoms. The molecule has 1 unspecified atom stereocenters. The van der Waals surface area contributed by atoms with Gasteiger partial charge in [0.15, 0.2) is 0 Å². The van der Waals surface area contributed by atoms with Crippen LogP contribution in [-0.2, 0) is 11.2 Å². The number of anilines is 1. The summed E-state index contributed by atoms with van der Waals surface area (Å²) in [5.74, 6) is 0.818. The fraction of sp³-hybridized carbons (Fsp3) is 0.536. The Hall–Kier alpha value is -1.95. The molecule has 2 atom stereocenters. The molecule has 7 heteroatoms. The molecular formula is C28H37Cl2N3O2. The maximum absolute atomic E-state index is 13.3. The molecule has 0 saturated carbocycles. The molecule has 1 amide bonds. The molecule has 0 spiro atoms. The first-order valence-corrected chi connectivity index (χ1v) is 13.4. The third-order valence-electron chi connectivity index (χ3n) is 6.67. The molecule has 2 aliphatic rings. The van der Waals surface area contributed by atoms with Crippen molar-refractivity contribution >= 4 is 34.8 Å². The fourth-order valence-corrected chi connectivity index (χ4v) is 5.35. The van der Waals surface area contributed by atoms with E-state index in [2.05, 4.69) is 21.2 Å². The minimum absolute atomic E-state index is 0.0158. The number of halogens is 2. The molecule has 1 N–H and O–H groups in total. The highest BCUT2D eigenvalue weighted by atomic mass is 35.5. The Morgan fingerprint density at radius 3 is 2.46 bits per heavy atom. The minimum Gasteiger partial charge on any atom is -0.487 e. The van der Waals surface area contributed by atoms with Gasteiger partial charge < -0.3 is 19.9 Å². The van der Waals surface area contributed by atoms with Crippen molar-refractivity contribution < 1.29 is 9.53 Å². The smallest absolute Gasteiger partial charge is 0.225 e. The maximum atomic E-state index is 13.3. The van der Waals surface area contributed by atoms with E-state index in [1.54, 1.807) is 0 Å². The van der Waals surface area contributed by atoms with Crippen LogP contribution in [0.15, 0.2) is 42.5 Å². The Morgan fingerprint density at radius 2 is 1.80 bits per heavy atom. The number of nitrogens with zero attached hydrogens (tertiary/aromatic N) is 2. The van der Waals surface area contributed by atoms with Crippen LogP contribution in [0.1, 0.15) is 45.6 Å². The van der Waals surface area contributed by atoms with Gasteiger partial charge in [0.05, 0.1) is 10.9 Å². The second-order valence-corrected chi connectivity index (χ2v) is 11.6. The van der Waals surface area contributed by atoms with E-state index in [0.29, 0.717) is 10.8 Å². The number of nitrogens with one attached hydrogen (secondary N) is 1. The van der Waals surface area contributed by atoms with Crippen LogP contribution >= 0.6 is 23.2 Å². The van der Waals surface area contributed by atoms with E-state index in [9.17, 15) is 4.79 Å². The zero-order valence-electron chi connectivity index (χ0n) is 21.0. The molecule has 190 valence electrons. The number of hydrogen-bond acceptors (Lipinski definition) is 4. The number of likely N-dealkylation sites (tertiary alicyclic amines) is 1. The van der Waals surface area contributed by atoms with Crippen LogP contribution in [0, 0.1) is 5.92 Å². The van der Waals surface area contributed by atoms with E-state index < -0.39 is 0 Å². The summed E-state index contributed by atoms with van der Waals surface area (Å²) in [7, 11) is 0. The standard InChI is InChI=1S/C28H37Cl2N3O2/c1-28(2,3)35-26-11-6-20(17-25(26)30)16-23(19-32-13-4-5-14-32)31-27(34)21-12-15-33(18-21)24-9-7-22(29)8-10-24/h6-11,17,21,23H,4-5,12-16,18-19H2,1-3H3,(H,31,34)/t21-,23?/m1/s1. The van der Waals surface area contributed by atoms with Gasteiger partial charge in [0.25, 0.3) is 0 Å². The molecule has 2 aliphatic heterocycles. The monoisotopic (exact) mass is 517 g/mol. The van der Waals surface area contributed by atoms with Gasteiger partial charge >= 0.3 is 0 Å². The van der Waals surface area contributed by atoms with Gasteiger partial charge in [0.2, 0.25) is 5.91 Å². The van der Waals surface area contributed by atoms with Crippen LogP contribution < -0.4 is 15.0 Å². The topological polar surface area (TPSA) is 44.8 Å². The second kappa shape index (κ2) is 11.4. The van der Waals surface area contributed by atoms with E-state index in [-0.39, 0.29) is 23.5 Å². The van der Waals surface area contributed by atoms with Crippen molar-refractivity contribution in [2.75, 3.05) is 37.6 Å². The van der Waals surface area contributed by atoms with E-state index >= 15 is 0 Å². The van der Waals surface area contributed by atoms with Crippen molar-refractivity contribution in [3.63, 3.8) is 0 Å². The molecule has 0 aliphatic carbocycles. The molecule has 5 nitrogen and oxygen atoms in total. The number of amides is 1. The molecule has 2 heterocycles. The van der Waals surface area contributed by atoms with E-state index in [1.165, 1.54) is 12.8 Å². The lowest BCUT2D eigenvalue weighted by Crippen LogP contribution is -2.46. The first-order valence-electron chi connectivity index (χ1n) is 12.7. The molecule has 0 aromatic heterocycles. The van der Waals surface area contributed by atoms with Gasteiger partial charge in [-0.15, -0.1) is 0 Å². The van der Waals surface area contributed by atoms with E-state index in [0.717, 1.165) is 61.8 Å². The van der Waals surface area contributed by atoms with Crippen LogP contribution in [-0.4, -0.2) is 55.2 Å². The zero-order chi connectivity index (χ0) is 25.0. The Balaban J connectivity index is 1.40. The van der Waals surface area contributed by atoms with E-state index in [4.69, 9.17) is 27.9 Å². The number of benzene rings is 2. The number of carbonyl (C=O) groups excluding carboxylic acids is 1. The fourth-order valence-electron chi connectivity index (χ4n) is 4.99. The first kappa shape index (κ1) is 26.1. The summed E-state index contributed by atoms with van der Waals surface area (Å²) in [6.07, 6.45) is 4.05. The number of ether oxygens (including phenoxy) is 1. The van der Waals surface area contributed by atoms with Gasteiger partial charge in [-0.2, -0.15) is 0 Å². The maximum Gasteiger partial charge on any atom is 0.225 e. The van der Waals surface area contributed by atoms with Crippen LogP contribution in [0.25, 0.3) is 0 Å². The first-order chi connectivity index (χ1) is 16.7. The largest absolute Gasteiger partial charge is 0.487 e. The molecule has 4 rings (SSSR count). The second-order valence-electron chi connectivity index (χ2n) is 10.8. The zero-order valence-corrected chi connectivity index (χ0v) is 22.5. The van der Waals surface area contributed by atoms with Crippen molar-refractivity contribution in [1.29, 1.82) is 0 Å². The summed E-state index contributed by atoms with van der Waals surface area (Å²) < 4.78 is 5.96. The van der Waals surface area contributed by atoms with Gasteiger partial charge in [0.1, 0.15) is 11.4 Å². The predicted octanol–water partition coefficient (Wildman–Crippen LogP) is 5.82. The number of carbonyl (C=O) groups is 1. The highest BCUT2D eigenvalue weighted by Gasteiger charge is 2.30. The Bertz CT molecular complexity index is 1000. The molecule has 2 fully saturated rings. The van der Waals surface area contributed by atoms with Gasteiger partial charge in [-0.3, -0.25) is 4.79 Å². The van der Waals surface area contributed by atoms with Crippen LogP contribution in [0.5, 0.6) is 5.75 Å². The molecule has 2 aromatic rings. The van der Waals surface area contributed by atoms with Crippen molar-refractivity contribution in [2.24, 2.45) is 5.92 Å². The summed E-state index contributed by atoms with van der Waals surface area (Å²) in [6.45, 7) is 10.7. The van der Waals surface area contributed by atoms with Gasteiger partial charge in [-0.1, -0.05) is 29.3 Å². The lowest BCUT2D eigenvalue weighted by atomic mass is 10.0. The third kappa shape index (κ3) is 7.52. The number of rotatable bonds is 8. The highest BCUT2D eigenvalue weighted by Crippen LogP contribution is 2.30. The quantitative estimate of drug-likeness (QED) is 0.479.